The molecule has 3 aromatic carbocycles. The highest BCUT2D eigenvalue weighted by atomic mass is 31.0. The molecule has 0 radical (unpaired) electrons. The lowest BCUT2D eigenvalue weighted by Crippen LogP contribution is -2.50. The highest BCUT2D eigenvalue weighted by Gasteiger charge is 2.55. The lowest BCUT2D eigenvalue weighted by atomic mass is 9.56. The molecule has 0 fully saturated rings. The summed E-state index contributed by atoms with van der Waals surface area (Å²) in [7, 11) is 6.93. The summed E-state index contributed by atoms with van der Waals surface area (Å²) in [4.78, 5) is 0. The Kier molecular flexibility index (Phi) is 10.4. The smallest absolute Gasteiger partial charge is 0.0197 e. The first-order chi connectivity index (χ1) is 22.5. The third kappa shape index (κ3) is 6.77. The zero-order valence-electron chi connectivity index (χ0n) is 36.9. The van der Waals surface area contributed by atoms with Crippen LogP contribution in [0.15, 0.2) is 42.5 Å². The van der Waals surface area contributed by atoms with Crippen LogP contribution in [0.3, 0.4) is 0 Å². The maximum absolute atomic E-state index is 3.49. The number of hydrogen-bond donors (Lipinski definition) is 0. The van der Waals surface area contributed by atoms with Crippen LogP contribution in [0.25, 0.3) is 22.3 Å². The number of fused-ring (bicyclic) bond motifs is 3. The Labute approximate surface area is 321 Å². The quantitative estimate of drug-likeness (QED) is 0.184. The van der Waals surface area contributed by atoms with Crippen molar-refractivity contribution in [1.29, 1.82) is 0 Å². The first-order valence-electron chi connectivity index (χ1n) is 19.6. The van der Waals surface area contributed by atoms with Crippen molar-refractivity contribution >= 4 is 18.5 Å². The molecule has 1 aliphatic rings. The predicted octanol–water partition coefficient (Wildman–Crippen LogP) is 15.1. The minimum absolute atomic E-state index is 0.0131. The number of benzene rings is 3. The van der Waals surface area contributed by atoms with Gasteiger partial charge in [-0.3, -0.25) is 0 Å². The minimum atomic E-state index is -0.226. The van der Waals surface area contributed by atoms with Gasteiger partial charge in [-0.1, -0.05) is 182 Å². The Balaban J connectivity index is 2.42. The van der Waals surface area contributed by atoms with Crippen LogP contribution in [0.2, 0.25) is 0 Å². The first kappa shape index (κ1) is 42.3. The summed E-state index contributed by atoms with van der Waals surface area (Å²) in [5.41, 5.74) is 16.0. The second-order valence-corrected chi connectivity index (χ2v) is 25.0. The van der Waals surface area contributed by atoms with E-state index in [-0.39, 0.29) is 48.2 Å². The average molecular weight is 727 g/mol. The summed E-state index contributed by atoms with van der Waals surface area (Å²) in [6.07, 6.45) is 0.969. The van der Waals surface area contributed by atoms with E-state index in [1.54, 1.807) is 0 Å². The molecule has 4 rings (SSSR count). The molecule has 0 saturated carbocycles. The molecular weight excluding hydrogens is 650 g/mol. The highest BCUT2D eigenvalue weighted by molar-refractivity contribution is 7.19. The zero-order chi connectivity index (χ0) is 39.5. The van der Waals surface area contributed by atoms with Crippen molar-refractivity contribution in [2.24, 2.45) is 21.7 Å². The van der Waals surface area contributed by atoms with Gasteiger partial charge in [0.1, 0.15) is 0 Å². The Bertz CT molecular complexity index is 1770. The zero-order valence-corrected chi connectivity index (χ0v) is 39.2. The Morgan fingerprint density at radius 1 is 0.431 bits per heavy atom. The van der Waals surface area contributed by atoms with Gasteiger partial charge < -0.3 is 0 Å². The Hall–Kier alpha value is -1.48. The molecule has 2 heteroatoms. The second kappa shape index (κ2) is 12.5. The molecule has 0 aromatic heterocycles. The molecule has 0 bridgehead atoms. The summed E-state index contributed by atoms with van der Waals surface area (Å²) < 4.78 is 0. The van der Waals surface area contributed by atoms with E-state index in [1.807, 2.05) is 0 Å². The van der Waals surface area contributed by atoms with Crippen LogP contribution in [0, 0.1) is 21.7 Å². The molecule has 0 nitrogen and oxygen atoms in total. The summed E-state index contributed by atoms with van der Waals surface area (Å²) in [6.45, 7) is 51.3. The van der Waals surface area contributed by atoms with Crippen molar-refractivity contribution < 1.29 is 0 Å². The molecule has 282 valence electrons. The van der Waals surface area contributed by atoms with Gasteiger partial charge in [0.15, 0.2) is 0 Å². The monoisotopic (exact) mass is 727 g/mol. The van der Waals surface area contributed by atoms with Crippen molar-refractivity contribution in [3.05, 3.63) is 81.4 Å². The first-order valence-corrected chi connectivity index (χ1v) is 20.8. The van der Waals surface area contributed by atoms with E-state index in [1.165, 1.54) is 61.2 Å². The number of rotatable bonds is 3. The molecule has 0 N–H and O–H groups in total. The van der Waals surface area contributed by atoms with Gasteiger partial charge in [-0.15, -0.1) is 18.5 Å². The van der Waals surface area contributed by atoms with E-state index in [0.29, 0.717) is 0 Å². The molecule has 0 aliphatic heterocycles. The maximum atomic E-state index is 3.49. The van der Waals surface area contributed by atoms with E-state index in [0.717, 1.165) is 6.42 Å². The molecular formula is C49H76P2. The summed E-state index contributed by atoms with van der Waals surface area (Å²) in [5, 5.41) is -0.417. The molecule has 2 atom stereocenters. The van der Waals surface area contributed by atoms with E-state index < -0.39 is 0 Å². The van der Waals surface area contributed by atoms with Gasteiger partial charge in [-0.05, 0) is 112 Å². The van der Waals surface area contributed by atoms with Crippen LogP contribution in [0.1, 0.15) is 184 Å². The van der Waals surface area contributed by atoms with Crippen molar-refractivity contribution in [3.8, 4) is 22.3 Å². The normalized spacial score (nSPS) is 15.3. The van der Waals surface area contributed by atoms with E-state index in [9.17, 15) is 0 Å². The Morgan fingerprint density at radius 2 is 0.824 bits per heavy atom. The lowest BCUT2D eigenvalue weighted by Gasteiger charge is -2.57. The topological polar surface area (TPSA) is 0 Å². The summed E-state index contributed by atoms with van der Waals surface area (Å²) in [6, 6.07) is 17.0. The highest BCUT2D eigenvalue weighted by Crippen LogP contribution is 2.66. The van der Waals surface area contributed by atoms with E-state index in [2.05, 4.69) is 206 Å². The fourth-order valence-corrected chi connectivity index (χ4v) is 10.7. The van der Waals surface area contributed by atoms with E-state index in [4.69, 9.17) is 0 Å². The minimum Gasteiger partial charge on any atom is -0.125 e. The lowest BCUT2D eigenvalue weighted by molar-refractivity contribution is 0.118. The van der Waals surface area contributed by atoms with Crippen LogP contribution in [-0.2, 0) is 33.0 Å². The summed E-state index contributed by atoms with van der Waals surface area (Å²) in [5.74, 6) is 0. The van der Waals surface area contributed by atoms with Crippen molar-refractivity contribution in [1.82, 2.24) is 0 Å². The second-order valence-electron chi connectivity index (χ2n) is 23.3. The number of hydrogen-bond acceptors (Lipinski definition) is 0. The maximum Gasteiger partial charge on any atom is 0.0197 e. The van der Waals surface area contributed by atoms with Crippen molar-refractivity contribution in [2.45, 2.75) is 178 Å². The molecule has 1 aliphatic carbocycles. The fraction of sp³-hybridized carbons (Fsp3) is 0.633. The third-order valence-corrected chi connectivity index (χ3v) is 16.5. The molecule has 0 heterocycles. The van der Waals surface area contributed by atoms with Gasteiger partial charge in [-0.2, -0.15) is 0 Å². The van der Waals surface area contributed by atoms with Gasteiger partial charge in [0.05, 0.1) is 0 Å². The molecule has 51 heavy (non-hydrogen) atoms. The molecule has 0 saturated heterocycles. The average Bonchev–Trinajstić information content (AvgIpc) is 3.29. The van der Waals surface area contributed by atoms with Crippen LogP contribution in [0.4, 0.5) is 0 Å². The molecule has 0 amide bonds. The van der Waals surface area contributed by atoms with Gasteiger partial charge in [-0.25, -0.2) is 0 Å². The molecule has 2 unspecified atom stereocenters. The molecule has 3 aromatic rings. The van der Waals surface area contributed by atoms with Gasteiger partial charge in [0, 0.05) is 10.3 Å². The van der Waals surface area contributed by atoms with Gasteiger partial charge in [0.25, 0.3) is 0 Å². The van der Waals surface area contributed by atoms with Crippen LogP contribution < -0.4 is 0 Å². The van der Waals surface area contributed by atoms with Crippen LogP contribution in [-0.4, -0.2) is 0 Å². The standard InChI is InChI=1S/C49H76P2/c1-41(2,3)38-36(33-28-30-24-22-23-25-32(30)37(33)39(42(4,5)6)40(38)43(7,8)9)31-26-27-34(48(50,44(10,11)12)45(13,14)15)35(29-31)49(51,46(16,17)18)47(19,20)21/h22-27,29H,28,50-51H2,1-21H3. The van der Waals surface area contributed by atoms with E-state index >= 15 is 0 Å². The SMILES string of the molecule is CC(C)(C)c1c(-c2ccc(C(P)(C(C)(C)C)C(C)(C)C)c(C(P)(C(C)(C)C)C(C)(C)C)c2)c2c(c(C(C)(C)C)c1C(C)(C)C)-c1ccccc1C2. The largest absolute Gasteiger partial charge is 0.125 e. The Morgan fingerprint density at radius 3 is 1.24 bits per heavy atom. The molecule has 0 spiro atoms. The fourth-order valence-electron chi connectivity index (χ4n) is 10.2. The predicted molar refractivity (Wildman–Crippen MR) is 237 cm³/mol. The van der Waals surface area contributed by atoms with Crippen molar-refractivity contribution in [2.75, 3.05) is 0 Å². The van der Waals surface area contributed by atoms with Crippen LogP contribution >= 0.6 is 18.5 Å². The van der Waals surface area contributed by atoms with Crippen LogP contribution in [0.5, 0.6) is 0 Å². The van der Waals surface area contributed by atoms with Gasteiger partial charge >= 0.3 is 0 Å². The summed E-state index contributed by atoms with van der Waals surface area (Å²) >= 11 is 0. The van der Waals surface area contributed by atoms with Gasteiger partial charge in [0.2, 0.25) is 0 Å². The third-order valence-electron chi connectivity index (χ3n) is 12.4. The van der Waals surface area contributed by atoms with Crippen molar-refractivity contribution in [3.63, 3.8) is 0 Å².